The molecule has 5 heteroatoms. The first kappa shape index (κ1) is 10.3. The van der Waals surface area contributed by atoms with Crippen LogP contribution >= 0.6 is 0 Å². The second kappa shape index (κ2) is 3.55. The number of imide groups is 1. The number of anilines is 2. The minimum atomic E-state index is -0.110. The molecule has 2 amide bonds. The maximum absolute atomic E-state index is 12.1. The van der Waals surface area contributed by atoms with Gasteiger partial charge in [-0.3, -0.25) is 9.59 Å². The Kier molecular flexibility index (Phi) is 2.14. The molecule has 0 spiro atoms. The van der Waals surface area contributed by atoms with E-state index in [1.54, 1.807) is 12.1 Å². The molecule has 2 atom stereocenters. The molecule has 1 aromatic heterocycles. The molecule has 88 valence electrons. The van der Waals surface area contributed by atoms with Crippen molar-refractivity contribution >= 4 is 23.3 Å². The number of hydrogen-bond donors (Lipinski definition) is 1. The molecular weight excluding hydrogens is 218 g/mol. The van der Waals surface area contributed by atoms with Gasteiger partial charge >= 0.3 is 0 Å². The number of carbonyl (C=O) groups excluding carboxylic acids is 2. The lowest BCUT2D eigenvalue weighted by atomic mass is 9.97. The number of hydrogen-bond acceptors (Lipinski definition) is 4. The second-order valence-electron chi connectivity index (χ2n) is 4.67. The number of nitrogens with zero attached hydrogens (tertiary/aromatic N) is 2. The Morgan fingerprint density at radius 1 is 1.18 bits per heavy atom. The molecule has 1 aliphatic carbocycles. The smallest absolute Gasteiger partial charge is 0.238 e. The molecule has 0 aromatic carbocycles. The van der Waals surface area contributed by atoms with Crippen LogP contribution in [-0.4, -0.2) is 16.8 Å². The Labute approximate surface area is 98.6 Å². The third kappa shape index (κ3) is 1.50. The highest BCUT2D eigenvalue weighted by Gasteiger charge is 2.46. The predicted octanol–water partition coefficient (Wildman–Crippen LogP) is 0.953. The van der Waals surface area contributed by atoms with Gasteiger partial charge in [0.05, 0.1) is 11.9 Å². The average Bonchev–Trinajstić information content (AvgIpc) is 2.76. The molecule has 5 nitrogen and oxygen atoms in total. The molecule has 2 heterocycles. The van der Waals surface area contributed by atoms with Crippen molar-refractivity contribution in [3.05, 3.63) is 18.3 Å². The van der Waals surface area contributed by atoms with Crippen LogP contribution in [0.5, 0.6) is 0 Å². The number of nitrogen functional groups attached to an aromatic ring is 1. The molecule has 2 N–H and O–H groups in total. The van der Waals surface area contributed by atoms with Crippen molar-refractivity contribution in [3.8, 4) is 0 Å². The number of fused-ring (bicyclic) bond motifs is 2. The highest BCUT2D eigenvalue weighted by atomic mass is 16.2. The van der Waals surface area contributed by atoms with Crippen LogP contribution in [0.15, 0.2) is 18.3 Å². The van der Waals surface area contributed by atoms with Crippen LogP contribution < -0.4 is 10.6 Å². The third-order valence-electron chi connectivity index (χ3n) is 3.57. The fourth-order valence-corrected chi connectivity index (χ4v) is 2.66. The van der Waals surface area contributed by atoms with E-state index in [4.69, 9.17) is 5.73 Å². The Balaban J connectivity index is 1.99. The summed E-state index contributed by atoms with van der Waals surface area (Å²) in [7, 11) is 0. The second-order valence-corrected chi connectivity index (χ2v) is 4.67. The summed E-state index contributed by atoms with van der Waals surface area (Å²) in [5, 5.41) is 0. The molecule has 3 rings (SSSR count). The predicted molar refractivity (Wildman–Crippen MR) is 62.0 cm³/mol. The van der Waals surface area contributed by atoms with Crippen molar-refractivity contribution in [1.82, 2.24) is 4.98 Å². The van der Waals surface area contributed by atoms with Gasteiger partial charge in [0.1, 0.15) is 5.82 Å². The molecule has 1 aliphatic heterocycles. The summed E-state index contributed by atoms with van der Waals surface area (Å²) < 4.78 is 0. The molecule has 2 unspecified atom stereocenters. The number of pyridine rings is 1. The van der Waals surface area contributed by atoms with E-state index in [0.29, 0.717) is 17.9 Å². The summed E-state index contributed by atoms with van der Waals surface area (Å²) in [6.07, 6.45) is 3.82. The van der Waals surface area contributed by atoms with Crippen molar-refractivity contribution < 1.29 is 9.59 Å². The molecule has 2 bridgehead atoms. The highest BCUT2D eigenvalue weighted by molar-refractivity contribution is 6.18. The van der Waals surface area contributed by atoms with Gasteiger partial charge in [0, 0.05) is 11.8 Å². The summed E-state index contributed by atoms with van der Waals surface area (Å²) in [5.41, 5.74) is 6.06. The number of carbonyl (C=O) groups is 2. The van der Waals surface area contributed by atoms with Crippen molar-refractivity contribution in [3.63, 3.8) is 0 Å². The van der Waals surface area contributed by atoms with Gasteiger partial charge < -0.3 is 5.73 Å². The van der Waals surface area contributed by atoms with Crippen LogP contribution in [0.4, 0.5) is 11.5 Å². The fraction of sp³-hybridized carbons (Fsp3) is 0.417. The van der Waals surface area contributed by atoms with Gasteiger partial charge in [0.15, 0.2) is 0 Å². The summed E-state index contributed by atoms with van der Waals surface area (Å²) in [6.45, 7) is 0. The van der Waals surface area contributed by atoms with Crippen LogP contribution in [0.2, 0.25) is 0 Å². The lowest BCUT2D eigenvalue weighted by Crippen LogP contribution is -2.46. The van der Waals surface area contributed by atoms with Crippen LogP contribution in [0.1, 0.15) is 19.3 Å². The van der Waals surface area contributed by atoms with Gasteiger partial charge in [0.25, 0.3) is 0 Å². The van der Waals surface area contributed by atoms with E-state index >= 15 is 0 Å². The molecule has 1 saturated heterocycles. The summed E-state index contributed by atoms with van der Waals surface area (Å²) in [4.78, 5) is 29.5. The molecule has 2 fully saturated rings. The van der Waals surface area contributed by atoms with Crippen molar-refractivity contribution in [2.75, 3.05) is 10.6 Å². The Morgan fingerprint density at radius 2 is 1.82 bits per heavy atom. The maximum Gasteiger partial charge on any atom is 0.238 e. The monoisotopic (exact) mass is 231 g/mol. The Bertz CT molecular complexity index is 461. The van der Waals surface area contributed by atoms with Crippen LogP contribution in [-0.2, 0) is 9.59 Å². The topological polar surface area (TPSA) is 76.3 Å². The van der Waals surface area contributed by atoms with Gasteiger partial charge in [-0.05, 0) is 31.4 Å². The van der Waals surface area contributed by atoms with Crippen LogP contribution in [0.3, 0.4) is 0 Å². The van der Waals surface area contributed by atoms with Gasteiger partial charge in [-0.25, -0.2) is 9.88 Å². The average molecular weight is 231 g/mol. The molecular formula is C12H13N3O2. The first-order valence-corrected chi connectivity index (χ1v) is 5.76. The lowest BCUT2D eigenvalue weighted by molar-refractivity contribution is -0.133. The largest absolute Gasteiger partial charge is 0.397 e. The summed E-state index contributed by atoms with van der Waals surface area (Å²) >= 11 is 0. The van der Waals surface area contributed by atoms with Gasteiger partial charge in [-0.1, -0.05) is 0 Å². The Hall–Kier alpha value is -1.91. The molecule has 1 saturated carbocycles. The van der Waals surface area contributed by atoms with Crippen LogP contribution in [0.25, 0.3) is 0 Å². The number of amides is 2. The van der Waals surface area contributed by atoms with E-state index in [1.807, 2.05) is 0 Å². The maximum atomic E-state index is 12.1. The summed E-state index contributed by atoms with van der Waals surface area (Å²) in [6, 6.07) is 3.27. The quantitative estimate of drug-likeness (QED) is 0.730. The highest BCUT2D eigenvalue weighted by Crippen LogP contribution is 2.39. The van der Waals surface area contributed by atoms with Crippen molar-refractivity contribution in [1.29, 1.82) is 0 Å². The van der Waals surface area contributed by atoms with E-state index in [2.05, 4.69) is 4.98 Å². The molecule has 0 radical (unpaired) electrons. The van der Waals surface area contributed by atoms with E-state index in [9.17, 15) is 9.59 Å². The number of piperidine rings is 1. The third-order valence-corrected chi connectivity index (χ3v) is 3.57. The zero-order chi connectivity index (χ0) is 12.0. The lowest BCUT2D eigenvalue weighted by Gasteiger charge is -2.28. The van der Waals surface area contributed by atoms with Gasteiger partial charge in [-0.15, -0.1) is 0 Å². The zero-order valence-corrected chi connectivity index (χ0v) is 9.30. The standard InChI is InChI=1S/C12H13N3O2/c13-9-3-4-10(14-6-9)15-11(16)7-1-2-8(5-7)12(15)17/h3-4,6-8H,1-2,5,13H2. The fourth-order valence-electron chi connectivity index (χ4n) is 2.66. The van der Waals surface area contributed by atoms with Gasteiger partial charge in [-0.2, -0.15) is 0 Å². The van der Waals surface area contributed by atoms with E-state index in [1.165, 1.54) is 11.1 Å². The first-order chi connectivity index (χ1) is 8.16. The Morgan fingerprint density at radius 3 is 2.35 bits per heavy atom. The van der Waals surface area contributed by atoms with Crippen molar-refractivity contribution in [2.45, 2.75) is 19.3 Å². The van der Waals surface area contributed by atoms with Gasteiger partial charge in [0.2, 0.25) is 11.8 Å². The van der Waals surface area contributed by atoms with E-state index in [-0.39, 0.29) is 23.7 Å². The minimum absolute atomic E-state index is 0.00273. The van der Waals surface area contributed by atoms with E-state index in [0.717, 1.165) is 12.8 Å². The number of nitrogens with two attached hydrogens (primary N) is 1. The molecule has 2 aliphatic rings. The number of rotatable bonds is 1. The zero-order valence-electron chi connectivity index (χ0n) is 9.30. The number of aromatic nitrogens is 1. The van der Waals surface area contributed by atoms with Crippen molar-refractivity contribution in [2.24, 2.45) is 11.8 Å². The first-order valence-electron chi connectivity index (χ1n) is 5.76. The van der Waals surface area contributed by atoms with E-state index < -0.39 is 0 Å². The molecule has 17 heavy (non-hydrogen) atoms. The summed E-state index contributed by atoms with van der Waals surface area (Å²) in [5.74, 6) is 0.168. The normalized spacial score (nSPS) is 27.6. The SMILES string of the molecule is Nc1ccc(N2C(=O)C3CCC(C3)C2=O)nc1. The molecule has 1 aromatic rings. The van der Waals surface area contributed by atoms with Crippen LogP contribution in [0, 0.1) is 11.8 Å². The minimum Gasteiger partial charge on any atom is -0.397 e.